The first-order valence-corrected chi connectivity index (χ1v) is 9.08. The third-order valence-corrected chi connectivity index (χ3v) is 5.07. The molecular formula is C20H22N6O2. The van der Waals surface area contributed by atoms with Gasteiger partial charge >= 0.3 is 6.03 Å². The molecule has 2 N–H and O–H groups in total. The monoisotopic (exact) mass is 378 g/mol. The summed E-state index contributed by atoms with van der Waals surface area (Å²) in [5, 5.41) is 0. The number of nitrogens with two attached hydrogens (primary N) is 1. The number of imidazole rings is 1. The summed E-state index contributed by atoms with van der Waals surface area (Å²) in [5.41, 5.74) is 10.3. The number of rotatable bonds is 1. The van der Waals surface area contributed by atoms with E-state index in [1.807, 2.05) is 6.07 Å². The average Bonchev–Trinajstić information content (AvgIpc) is 3.00. The molecule has 8 heteroatoms. The Hall–Kier alpha value is -3.42. The Morgan fingerprint density at radius 3 is 2.75 bits per heavy atom. The Kier molecular flexibility index (Phi) is 4.26. The van der Waals surface area contributed by atoms with Gasteiger partial charge in [0.15, 0.2) is 0 Å². The molecule has 3 heterocycles. The molecule has 1 aliphatic rings. The molecule has 1 aliphatic heterocycles. The largest absolute Gasteiger partial charge is 0.399 e. The van der Waals surface area contributed by atoms with E-state index in [0.29, 0.717) is 42.1 Å². The maximum atomic E-state index is 13.4. The molecule has 144 valence electrons. The number of amides is 2. The van der Waals surface area contributed by atoms with Gasteiger partial charge in [0.05, 0.1) is 16.6 Å². The Morgan fingerprint density at radius 1 is 1.21 bits per heavy atom. The second kappa shape index (κ2) is 6.63. The summed E-state index contributed by atoms with van der Waals surface area (Å²) in [6.45, 7) is 2.80. The molecule has 3 aromatic rings. The third kappa shape index (κ3) is 2.87. The lowest BCUT2D eigenvalue weighted by Crippen LogP contribution is -2.42. The number of carbonyl (C=O) groups is 2. The van der Waals surface area contributed by atoms with E-state index in [0.717, 1.165) is 16.6 Å². The number of nitrogen functional groups attached to an aromatic ring is 1. The number of nitrogens with zero attached hydrogens (tertiary/aromatic N) is 5. The lowest BCUT2D eigenvalue weighted by Gasteiger charge is -2.31. The molecule has 28 heavy (non-hydrogen) atoms. The SMILES string of the molecule is Cc1nc2ccc(N)cc2n1C(=O)c1cncc2c1CCN(C(=O)N(C)C)C2. The summed E-state index contributed by atoms with van der Waals surface area (Å²) in [7, 11) is 3.46. The van der Waals surface area contributed by atoms with Crippen molar-refractivity contribution < 1.29 is 9.59 Å². The number of fused-ring (bicyclic) bond motifs is 2. The van der Waals surface area contributed by atoms with Gasteiger partial charge in [0.25, 0.3) is 5.91 Å². The number of hydrogen-bond acceptors (Lipinski definition) is 5. The summed E-state index contributed by atoms with van der Waals surface area (Å²) >= 11 is 0. The molecule has 0 saturated heterocycles. The lowest BCUT2D eigenvalue weighted by atomic mass is 9.96. The second-order valence-corrected chi connectivity index (χ2v) is 7.22. The van der Waals surface area contributed by atoms with Gasteiger partial charge in [-0.25, -0.2) is 9.78 Å². The van der Waals surface area contributed by atoms with Crippen molar-refractivity contribution in [2.45, 2.75) is 19.9 Å². The quantitative estimate of drug-likeness (QED) is 0.654. The molecule has 4 rings (SSSR count). The first kappa shape index (κ1) is 18.0. The minimum atomic E-state index is -0.178. The van der Waals surface area contributed by atoms with Gasteiger partial charge in [-0.1, -0.05) is 0 Å². The van der Waals surface area contributed by atoms with Crippen LogP contribution in [0, 0.1) is 6.92 Å². The van der Waals surface area contributed by atoms with Crippen LogP contribution in [-0.2, 0) is 13.0 Å². The van der Waals surface area contributed by atoms with Crippen LogP contribution in [0.25, 0.3) is 11.0 Å². The maximum absolute atomic E-state index is 13.4. The van der Waals surface area contributed by atoms with Crippen LogP contribution in [-0.4, -0.2) is 56.9 Å². The number of pyridine rings is 1. The minimum absolute atomic E-state index is 0.0469. The van der Waals surface area contributed by atoms with Crippen molar-refractivity contribution >= 4 is 28.7 Å². The van der Waals surface area contributed by atoms with Crippen molar-refractivity contribution in [1.29, 1.82) is 0 Å². The molecule has 0 aliphatic carbocycles. The van der Waals surface area contributed by atoms with Crippen LogP contribution in [0.3, 0.4) is 0 Å². The third-order valence-electron chi connectivity index (χ3n) is 5.07. The van der Waals surface area contributed by atoms with Crippen LogP contribution in [0.4, 0.5) is 10.5 Å². The molecule has 8 nitrogen and oxygen atoms in total. The van der Waals surface area contributed by atoms with E-state index in [1.54, 1.807) is 59.9 Å². The van der Waals surface area contributed by atoms with E-state index < -0.39 is 0 Å². The Labute approximate surface area is 162 Å². The highest BCUT2D eigenvalue weighted by molar-refractivity contribution is 6.03. The van der Waals surface area contributed by atoms with E-state index in [1.165, 1.54) is 0 Å². The standard InChI is InChI=1S/C20H22N6O2/c1-12-23-17-5-4-14(21)8-18(17)26(12)19(27)16-10-22-9-13-11-25(7-6-15(13)16)20(28)24(2)3/h4-5,8-10H,6-7,11,21H2,1-3H3. The fourth-order valence-electron chi connectivity index (χ4n) is 3.71. The zero-order valence-electron chi connectivity index (χ0n) is 16.1. The molecule has 0 atom stereocenters. The fraction of sp³-hybridized carbons (Fsp3) is 0.300. The molecule has 0 fully saturated rings. The van der Waals surface area contributed by atoms with Gasteiger partial charge in [0.1, 0.15) is 5.82 Å². The van der Waals surface area contributed by atoms with Crippen LogP contribution in [0.15, 0.2) is 30.6 Å². The highest BCUT2D eigenvalue weighted by Gasteiger charge is 2.27. The topological polar surface area (TPSA) is 97.3 Å². The fourth-order valence-corrected chi connectivity index (χ4v) is 3.71. The predicted molar refractivity (Wildman–Crippen MR) is 106 cm³/mol. The lowest BCUT2D eigenvalue weighted by molar-refractivity contribution is 0.0960. The molecule has 0 saturated carbocycles. The molecule has 1 aromatic carbocycles. The van der Waals surface area contributed by atoms with Gasteiger partial charge in [0, 0.05) is 45.3 Å². The van der Waals surface area contributed by atoms with E-state index in [-0.39, 0.29) is 11.9 Å². The molecule has 0 radical (unpaired) electrons. The second-order valence-electron chi connectivity index (χ2n) is 7.22. The van der Waals surface area contributed by atoms with Crippen molar-refractivity contribution in [3.63, 3.8) is 0 Å². The van der Waals surface area contributed by atoms with Crippen LogP contribution in [0.1, 0.15) is 27.3 Å². The van der Waals surface area contributed by atoms with Crippen molar-refractivity contribution in [3.05, 3.63) is 53.1 Å². The average molecular weight is 378 g/mol. The summed E-state index contributed by atoms with van der Waals surface area (Å²) in [6, 6.07) is 5.29. The Balaban J connectivity index is 1.75. The normalized spacial score (nSPS) is 13.5. The number of carbonyl (C=O) groups excluding carboxylic acids is 2. The number of aryl methyl sites for hydroxylation is 1. The number of anilines is 1. The summed E-state index contributed by atoms with van der Waals surface area (Å²) in [4.78, 5) is 37.7. The summed E-state index contributed by atoms with van der Waals surface area (Å²) in [6.07, 6.45) is 3.94. The first-order chi connectivity index (χ1) is 13.4. The van der Waals surface area contributed by atoms with Gasteiger partial charge in [-0.05, 0) is 42.7 Å². The van der Waals surface area contributed by atoms with Crippen molar-refractivity contribution in [2.75, 3.05) is 26.4 Å². The molecule has 0 spiro atoms. The molecule has 0 unspecified atom stereocenters. The van der Waals surface area contributed by atoms with Gasteiger partial charge in [-0.3, -0.25) is 14.3 Å². The van der Waals surface area contributed by atoms with Crippen molar-refractivity contribution in [3.8, 4) is 0 Å². The summed E-state index contributed by atoms with van der Waals surface area (Å²) in [5.74, 6) is 0.422. The highest BCUT2D eigenvalue weighted by atomic mass is 16.2. The zero-order valence-corrected chi connectivity index (χ0v) is 16.1. The van der Waals surface area contributed by atoms with Crippen LogP contribution in [0.2, 0.25) is 0 Å². The number of urea groups is 1. The van der Waals surface area contributed by atoms with E-state index in [2.05, 4.69) is 9.97 Å². The van der Waals surface area contributed by atoms with E-state index in [4.69, 9.17) is 5.73 Å². The number of hydrogen-bond donors (Lipinski definition) is 1. The number of benzene rings is 1. The van der Waals surface area contributed by atoms with Gasteiger partial charge in [0.2, 0.25) is 0 Å². The zero-order chi connectivity index (χ0) is 20.0. The Morgan fingerprint density at radius 2 is 2.00 bits per heavy atom. The Bertz CT molecular complexity index is 1100. The number of aromatic nitrogens is 3. The molecule has 2 amide bonds. The predicted octanol–water partition coefficient (Wildman–Crippen LogP) is 2.05. The maximum Gasteiger partial charge on any atom is 0.319 e. The smallest absolute Gasteiger partial charge is 0.319 e. The van der Waals surface area contributed by atoms with E-state index in [9.17, 15) is 9.59 Å². The van der Waals surface area contributed by atoms with Crippen molar-refractivity contribution in [1.82, 2.24) is 24.3 Å². The van der Waals surface area contributed by atoms with Crippen LogP contribution < -0.4 is 5.73 Å². The van der Waals surface area contributed by atoms with E-state index >= 15 is 0 Å². The van der Waals surface area contributed by atoms with Gasteiger partial charge < -0.3 is 15.5 Å². The highest BCUT2D eigenvalue weighted by Crippen LogP contribution is 2.25. The van der Waals surface area contributed by atoms with Crippen molar-refractivity contribution in [2.24, 2.45) is 0 Å². The molecule has 2 aromatic heterocycles. The van der Waals surface area contributed by atoms with Crippen LogP contribution in [0.5, 0.6) is 0 Å². The first-order valence-electron chi connectivity index (χ1n) is 9.08. The molecular weight excluding hydrogens is 356 g/mol. The van der Waals surface area contributed by atoms with Crippen LogP contribution >= 0.6 is 0 Å². The minimum Gasteiger partial charge on any atom is -0.399 e. The van der Waals surface area contributed by atoms with Gasteiger partial charge in [-0.15, -0.1) is 0 Å². The summed E-state index contributed by atoms with van der Waals surface area (Å²) < 4.78 is 1.58. The molecule has 0 bridgehead atoms. The van der Waals surface area contributed by atoms with Gasteiger partial charge in [-0.2, -0.15) is 0 Å².